The third-order valence-electron chi connectivity index (χ3n) is 17.2. The second kappa shape index (κ2) is 35.1. The number of benzene rings is 2. The van der Waals surface area contributed by atoms with Crippen molar-refractivity contribution in [1.82, 2.24) is 18.7 Å². The second-order valence-electron chi connectivity index (χ2n) is 24.4. The van der Waals surface area contributed by atoms with E-state index in [1.54, 1.807) is 0 Å². The summed E-state index contributed by atoms with van der Waals surface area (Å²) in [5.74, 6) is 1.81. The molecule has 0 amide bonds. The molecule has 0 saturated carbocycles. The zero-order chi connectivity index (χ0) is 59.0. The van der Waals surface area contributed by atoms with Gasteiger partial charge >= 0.3 is 0 Å². The quantitative estimate of drug-likeness (QED) is 0.0355. The van der Waals surface area contributed by atoms with Crippen LogP contribution >= 0.6 is 57.1 Å². The standard InChI is InChI=1S/C74H100N4O2S5/c1-7-11-15-19-23-25-27-29-33-37-45-79-56-48-55(49-57(51-56)80-46-38-34-30-28-26-24-20-16-12-8-2)50-58-59-47-54(6)82-73(59)74-60(58)52-66(84-74)63-43-44-65(83-63)68-70-69(67(64-42-41-53(5)81-64)71-72(68)78-85-77-71)75-61(39-35-31-21-17-13-9-3)62(76-70)40-36-32-22-18-14-10-4/h41-44,47-52H,7-40,45-46H2,1-6H3/b58-50-. The molecule has 0 saturated heterocycles. The molecule has 6 heterocycles. The van der Waals surface area contributed by atoms with Crippen molar-refractivity contribution in [2.24, 2.45) is 0 Å². The van der Waals surface area contributed by atoms with E-state index in [1.807, 2.05) is 45.3 Å². The lowest BCUT2D eigenvalue weighted by Gasteiger charge is -2.15. The molecule has 0 radical (unpaired) electrons. The van der Waals surface area contributed by atoms with E-state index in [9.17, 15) is 0 Å². The van der Waals surface area contributed by atoms with E-state index in [-0.39, 0.29) is 0 Å². The molecule has 0 bridgehead atoms. The average molecular weight is 1240 g/mol. The minimum atomic E-state index is 0.731. The average Bonchev–Trinajstić information content (AvgIpc) is 1.90. The van der Waals surface area contributed by atoms with E-state index < -0.39 is 0 Å². The van der Waals surface area contributed by atoms with Crippen LogP contribution in [-0.2, 0) is 12.8 Å². The molecule has 0 fully saturated rings. The zero-order valence-corrected chi connectivity index (χ0v) is 57.0. The lowest BCUT2D eigenvalue weighted by molar-refractivity contribution is 0.289. The fourth-order valence-electron chi connectivity index (χ4n) is 12.4. The van der Waals surface area contributed by atoms with Gasteiger partial charge in [-0.05, 0) is 118 Å². The number of unbranched alkanes of at least 4 members (excludes halogenated alkanes) is 28. The van der Waals surface area contributed by atoms with Crippen LogP contribution in [0.3, 0.4) is 0 Å². The highest BCUT2D eigenvalue weighted by molar-refractivity contribution is 7.28. The van der Waals surface area contributed by atoms with Crippen molar-refractivity contribution < 1.29 is 9.47 Å². The lowest BCUT2D eigenvalue weighted by Crippen LogP contribution is -2.05. The Morgan fingerprint density at radius 3 is 1.28 bits per heavy atom. The summed E-state index contributed by atoms with van der Waals surface area (Å²) in [4.78, 5) is 21.8. The van der Waals surface area contributed by atoms with Gasteiger partial charge in [-0.1, -0.05) is 207 Å². The maximum atomic E-state index is 6.61. The first kappa shape index (κ1) is 65.2. The number of fused-ring (bicyclic) bond motifs is 5. The van der Waals surface area contributed by atoms with Crippen LogP contribution in [0.2, 0.25) is 0 Å². The summed E-state index contributed by atoms with van der Waals surface area (Å²) in [5, 5.41) is 0. The van der Waals surface area contributed by atoms with E-state index in [4.69, 9.17) is 28.2 Å². The topological polar surface area (TPSA) is 70.0 Å². The van der Waals surface area contributed by atoms with Gasteiger partial charge in [0.25, 0.3) is 0 Å². The van der Waals surface area contributed by atoms with Gasteiger partial charge in [0.15, 0.2) is 0 Å². The summed E-state index contributed by atoms with van der Waals surface area (Å²) in [6.07, 6.45) is 45.7. The van der Waals surface area contributed by atoms with Crippen molar-refractivity contribution in [3.8, 4) is 51.9 Å². The third kappa shape index (κ3) is 18.4. The molecule has 458 valence electrons. The monoisotopic (exact) mass is 1240 g/mol. The van der Waals surface area contributed by atoms with E-state index in [0.717, 1.165) is 102 Å². The minimum absolute atomic E-state index is 0.731. The van der Waals surface area contributed by atoms with Gasteiger partial charge in [-0.2, -0.15) is 8.75 Å². The van der Waals surface area contributed by atoms with Crippen LogP contribution in [0.5, 0.6) is 11.5 Å². The predicted molar refractivity (Wildman–Crippen MR) is 375 cm³/mol. The molecular weight excluding hydrogens is 1140 g/mol. The Labute approximate surface area is 532 Å². The fourth-order valence-corrected chi connectivity index (χ4v) is 17.4. The normalized spacial score (nSPS) is 12.7. The van der Waals surface area contributed by atoms with Crippen molar-refractivity contribution >= 4 is 90.8 Å². The summed E-state index contributed by atoms with van der Waals surface area (Å²) >= 11 is 8.85. The molecule has 11 heteroatoms. The maximum absolute atomic E-state index is 6.61. The summed E-state index contributed by atoms with van der Waals surface area (Å²) < 4.78 is 23.4. The van der Waals surface area contributed by atoms with E-state index in [0.29, 0.717) is 0 Å². The van der Waals surface area contributed by atoms with Gasteiger partial charge < -0.3 is 9.47 Å². The molecule has 1 aliphatic carbocycles. The number of rotatable bonds is 42. The Hall–Kier alpha value is -4.26. The van der Waals surface area contributed by atoms with E-state index in [2.05, 4.69) is 102 Å². The number of hydrogen-bond acceptors (Lipinski definition) is 11. The van der Waals surface area contributed by atoms with Gasteiger partial charge in [0, 0.05) is 57.6 Å². The van der Waals surface area contributed by atoms with Crippen LogP contribution < -0.4 is 9.47 Å². The Kier molecular flexibility index (Phi) is 26.9. The second-order valence-corrected chi connectivity index (χ2v) is 29.7. The molecule has 2 aromatic carbocycles. The lowest BCUT2D eigenvalue weighted by atomic mass is 9.99. The van der Waals surface area contributed by atoms with Gasteiger partial charge in [0.2, 0.25) is 0 Å². The molecule has 6 aromatic heterocycles. The Morgan fingerprint density at radius 1 is 0.376 bits per heavy atom. The highest BCUT2D eigenvalue weighted by Gasteiger charge is 2.31. The van der Waals surface area contributed by atoms with Crippen LogP contribution in [0.25, 0.3) is 74.1 Å². The summed E-state index contributed by atoms with van der Waals surface area (Å²) in [5.41, 5.74) is 13.4. The number of ether oxygens (including phenoxy) is 2. The van der Waals surface area contributed by atoms with Crippen LogP contribution in [0, 0.1) is 13.8 Å². The van der Waals surface area contributed by atoms with Crippen molar-refractivity contribution in [3.63, 3.8) is 0 Å². The smallest absolute Gasteiger partial charge is 0.123 e. The van der Waals surface area contributed by atoms with Crippen LogP contribution in [0.4, 0.5) is 0 Å². The van der Waals surface area contributed by atoms with Gasteiger partial charge in [-0.15, -0.1) is 45.3 Å². The van der Waals surface area contributed by atoms with Gasteiger partial charge in [0.05, 0.1) is 46.1 Å². The highest BCUT2D eigenvalue weighted by Crippen LogP contribution is 2.56. The number of aryl methyl sites for hydroxylation is 4. The van der Waals surface area contributed by atoms with E-state index >= 15 is 0 Å². The molecule has 0 aliphatic heterocycles. The highest BCUT2D eigenvalue weighted by atomic mass is 32.1. The molecule has 0 spiro atoms. The summed E-state index contributed by atoms with van der Waals surface area (Å²) in [6.45, 7) is 15.1. The fraction of sp³-hybridized carbons (Fsp3) is 0.568. The largest absolute Gasteiger partial charge is 0.493 e. The minimum Gasteiger partial charge on any atom is -0.493 e. The first-order valence-corrected chi connectivity index (χ1v) is 37.9. The molecule has 0 unspecified atom stereocenters. The molecular formula is C74H100N4O2S5. The number of aromatic nitrogens is 4. The molecule has 85 heavy (non-hydrogen) atoms. The van der Waals surface area contributed by atoms with Gasteiger partial charge in [-0.25, -0.2) is 9.97 Å². The Bertz CT molecular complexity index is 3270. The summed E-state index contributed by atoms with van der Waals surface area (Å²) in [6, 6.07) is 20.6. The maximum Gasteiger partial charge on any atom is 0.123 e. The molecule has 9 rings (SSSR count). The Balaban J connectivity index is 0.999. The van der Waals surface area contributed by atoms with Crippen LogP contribution in [0.15, 0.2) is 54.6 Å². The predicted octanol–water partition coefficient (Wildman–Crippen LogP) is 25.5. The molecule has 6 nitrogen and oxygen atoms in total. The van der Waals surface area contributed by atoms with E-state index in [1.165, 1.54) is 259 Å². The number of hydrogen-bond donors (Lipinski definition) is 0. The Morgan fingerprint density at radius 2 is 0.800 bits per heavy atom. The SMILES string of the molecule is CCCCCCCCCCCCOc1cc(/C=C2/c3cc(C)sc3-c3sc(-c4ccc(-c5c6nsnc6c(-c6ccc(C)s6)c6nc(CCCCCCCC)c(CCCCCCCC)nc56)s4)cc32)cc(OCCCCCCCCCCCC)c1. The van der Waals surface area contributed by atoms with Crippen LogP contribution in [0.1, 0.15) is 271 Å². The van der Waals surface area contributed by atoms with Crippen molar-refractivity contribution in [2.45, 2.75) is 260 Å². The third-order valence-corrected chi connectivity index (χ3v) is 22.4. The first-order valence-electron chi connectivity index (χ1n) is 33.9. The van der Waals surface area contributed by atoms with Crippen molar-refractivity contribution in [1.29, 1.82) is 0 Å². The zero-order valence-electron chi connectivity index (χ0n) is 52.9. The first-order chi connectivity index (χ1) is 41.9. The van der Waals surface area contributed by atoms with Crippen molar-refractivity contribution in [3.05, 3.63) is 92.4 Å². The molecule has 1 aliphatic rings. The van der Waals surface area contributed by atoms with Crippen molar-refractivity contribution in [2.75, 3.05) is 13.2 Å². The van der Waals surface area contributed by atoms with Gasteiger partial charge in [-0.3, -0.25) is 0 Å². The number of thiophene rings is 4. The molecule has 0 atom stereocenters. The van der Waals surface area contributed by atoms with Crippen LogP contribution in [-0.4, -0.2) is 31.9 Å². The molecule has 0 N–H and O–H groups in total. The molecule has 8 aromatic rings. The summed E-state index contributed by atoms with van der Waals surface area (Å²) in [7, 11) is 0. The number of nitrogens with zero attached hydrogens (tertiary/aromatic N) is 4. The van der Waals surface area contributed by atoms with Gasteiger partial charge in [0.1, 0.15) is 33.6 Å².